The minimum absolute atomic E-state index is 0.0185. The molecule has 0 aliphatic carbocycles. The number of nitrogens with one attached hydrogen (secondary N) is 1. The third kappa shape index (κ3) is 2.14. The van der Waals surface area contributed by atoms with Crippen molar-refractivity contribution in [3.63, 3.8) is 0 Å². The molecule has 0 aromatic carbocycles. The number of aliphatic hydroxyl groups is 1. The first kappa shape index (κ1) is 5.88. The van der Waals surface area contributed by atoms with Crippen molar-refractivity contribution in [2.45, 2.75) is 13.0 Å². The third-order valence-electron chi connectivity index (χ3n) is 0.558. The highest BCUT2D eigenvalue weighted by atomic mass is 16.3. The van der Waals surface area contributed by atoms with Crippen LogP contribution < -0.4 is 11.3 Å². The summed E-state index contributed by atoms with van der Waals surface area (Å²) < 4.78 is 0. The van der Waals surface area contributed by atoms with Gasteiger partial charge in [0.05, 0.1) is 6.61 Å². The van der Waals surface area contributed by atoms with Gasteiger partial charge in [-0.2, -0.15) is 0 Å². The highest BCUT2D eigenvalue weighted by Gasteiger charge is 1.88. The molecule has 0 spiro atoms. The predicted molar refractivity (Wildman–Crippen MR) is 23.9 cm³/mol. The first-order valence-electron chi connectivity index (χ1n) is 1.88. The molecular formula is C3H10N2O. The molecule has 0 heterocycles. The number of aliphatic hydroxyl groups excluding tert-OH is 1. The molecule has 0 bridgehead atoms. The number of hydrazine groups is 1. The molecule has 0 unspecified atom stereocenters. The summed E-state index contributed by atoms with van der Waals surface area (Å²) >= 11 is 0. The van der Waals surface area contributed by atoms with Crippen LogP contribution >= 0.6 is 0 Å². The van der Waals surface area contributed by atoms with E-state index < -0.39 is 0 Å². The van der Waals surface area contributed by atoms with Gasteiger partial charge >= 0.3 is 0 Å². The summed E-state index contributed by atoms with van der Waals surface area (Å²) in [5.41, 5.74) is 2.36. The number of nitrogens with two attached hydrogens (primary N) is 1. The molecule has 38 valence electrons. The van der Waals surface area contributed by atoms with E-state index in [9.17, 15) is 0 Å². The predicted octanol–water partition coefficient (Wildman–Crippen LogP) is -1.17. The normalized spacial score (nSPS) is 14.5. The van der Waals surface area contributed by atoms with Crippen LogP contribution in [0.3, 0.4) is 0 Å². The lowest BCUT2D eigenvalue weighted by Gasteiger charge is -2.01. The van der Waals surface area contributed by atoms with E-state index in [-0.39, 0.29) is 12.6 Å². The summed E-state index contributed by atoms with van der Waals surface area (Å²) in [7, 11) is 0. The van der Waals surface area contributed by atoms with E-state index in [1.54, 1.807) is 6.92 Å². The van der Waals surface area contributed by atoms with E-state index in [0.29, 0.717) is 0 Å². The lowest BCUT2D eigenvalue weighted by atomic mass is 10.4. The van der Waals surface area contributed by atoms with E-state index in [2.05, 4.69) is 5.43 Å². The molecule has 0 aliphatic heterocycles. The highest BCUT2D eigenvalue weighted by Crippen LogP contribution is 1.68. The summed E-state index contributed by atoms with van der Waals surface area (Å²) in [4.78, 5) is 0. The van der Waals surface area contributed by atoms with Gasteiger partial charge in [-0.15, -0.1) is 0 Å². The molecule has 3 nitrogen and oxygen atoms in total. The molecule has 0 radical (unpaired) electrons. The van der Waals surface area contributed by atoms with Crippen molar-refractivity contribution in [3.05, 3.63) is 0 Å². The molecule has 0 fully saturated rings. The fourth-order valence-electron chi connectivity index (χ4n) is 0.0527. The maximum absolute atomic E-state index is 8.19. The zero-order chi connectivity index (χ0) is 4.99. The average molecular weight is 90.1 g/mol. The molecule has 0 aromatic heterocycles. The van der Waals surface area contributed by atoms with Gasteiger partial charge in [-0.05, 0) is 6.92 Å². The Bertz CT molecular complexity index is 28.0. The first-order valence-corrected chi connectivity index (χ1v) is 1.88. The van der Waals surface area contributed by atoms with Crippen molar-refractivity contribution < 1.29 is 5.11 Å². The van der Waals surface area contributed by atoms with E-state index in [1.807, 2.05) is 0 Å². The summed E-state index contributed by atoms with van der Waals surface area (Å²) in [5, 5.41) is 8.19. The molecule has 1 atom stereocenters. The molecule has 0 saturated heterocycles. The molecule has 0 amide bonds. The van der Waals surface area contributed by atoms with Gasteiger partial charge < -0.3 is 5.11 Å². The molecule has 4 N–H and O–H groups in total. The number of rotatable bonds is 2. The minimum Gasteiger partial charge on any atom is -0.395 e. The van der Waals surface area contributed by atoms with Gasteiger partial charge in [-0.1, -0.05) is 0 Å². The van der Waals surface area contributed by atoms with Crippen LogP contribution in [0.2, 0.25) is 0 Å². The van der Waals surface area contributed by atoms with Gasteiger partial charge in [-0.25, -0.2) is 0 Å². The second kappa shape index (κ2) is 3.08. The maximum Gasteiger partial charge on any atom is 0.0595 e. The van der Waals surface area contributed by atoms with Gasteiger partial charge in [0, 0.05) is 6.04 Å². The molecule has 3 heteroatoms. The maximum atomic E-state index is 8.19. The van der Waals surface area contributed by atoms with Crippen molar-refractivity contribution in [1.29, 1.82) is 0 Å². The van der Waals surface area contributed by atoms with Gasteiger partial charge in [0.15, 0.2) is 0 Å². The van der Waals surface area contributed by atoms with Crippen LogP contribution in [-0.2, 0) is 0 Å². The standard InChI is InChI=1S/C3H10N2O/c1-3(2-6)5-4/h3,5-6H,2,4H2,1H3/t3-/m1/s1. The second-order valence-electron chi connectivity index (χ2n) is 1.25. The van der Waals surface area contributed by atoms with Crippen molar-refractivity contribution in [2.75, 3.05) is 6.61 Å². The molecule has 0 aliphatic rings. The lowest BCUT2D eigenvalue weighted by Crippen LogP contribution is -2.34. The Morgan fingerprint density at radius 1 is 2.00 bits per heavy atom. The topological polar surface area (TPSA) is 58.3 Å². The molecule has 0 saturated carbocycles. The highest BCUT2D eigenvalue weighted by molar-refractivity contribution is 4.47. The van der Waals surface area contributed by atoms with E-state index >= 15 is 0 Å². The molecular weight excluding hydrogens is 80.0 g/mol. The van der Waals surface area contributed by atoms with Crippen molar-refractivity contribution >= 4 is 0 Å². The van der Waals surface area contributed by atoms with Crippen molar-refractivity contribution in [2.24, 2.45) is 5.84 Å². The SMILES string of the molecule is C[C@H](CO)NN. The van der Waals surface area contributed by atoms with E-state index in [0.717, 1.165) is 0 Å². The zero-order valence-corrected chi connectivity index (χ0v) is 3.81. The molecule has 0 rings (SSSR count). The smallest absolute Gasteiger partial charge is 0.0595 e. The third-order valence-corrected chi connectivity index (χ3v) is 0.558. The number of hydrogen-bond acceptors (Lipinski definition) is 3. The first-order chi connectivity index (χ1) is 2.81. The van der Waals surface area contributed by atoms with Gasteiger partial charge in [0.25, 0.3) is 0 Å². The Balaban J connectivity index is 2.75. The van der Waals surface area contributed by atoms with E-state index in [1.165, 1.54) is 0 Å². The lowest BCUT2D eigenvalue weighted by molar-refractivity contribution is 0.253. The Kier molecular flexibility index (Phi) is 3.02. The zero-order valence-electron chi connectivity index (χ0n) is 3.81. The Hall–Kier alpha value is -0.120. The van der Waals surface area contributed by atoms with Crippen molar-refractivity contribution in [3.8, 4) is 0 Å². The fourth-order valence-corrected chi connectivity index (χ4v) is 0.0527. The summed E-state index contributed by atoms with van der Waals surface area (Å²) in [6, 6.07) is 0.0185. The van der Waals surface area contributed by atoms with Crippen LogP contribution in [0.5, 0.6) is 0 Å². The van der Waals surface area contributed by atoms with Crippen molar-refractivity contribution in [1.82, 2.24) is 5.43 Å². The van der Waals surface area contributed by atoms with Gasteiger partial charge in [-0.3, -0.25) is 11.3 Å². The summed E-state index contributed by atoms with van der Waals surface area (Å²) in [5.74, 6) is 4.87. The van der Waals surface area contributed by atoms with Crippen LogP contribution in [0.1, 0.15) is 6.92 Å². The van der Waals surface area contributed by atoms with Crippen LogP contribution in [0.4, 0.5) is 0 Å². The van der Waals surface area contributed by atoms with Crippen LogP contribution in [0, 0.1) is 0 Å². The summed E-state index contributed by atoms with van der Waals surface area (Å²) in [6.07, 6.45) is 0. The molecule has 0 aromatic rings. The molecule has 6 heavy (non-hydrogen) atoms. The van der Waals surface area contributed by atoms with E-state index in [4.69, 9.17) is 10.9 Å². The number of hydrogen-bond donors (Lipinski definition) is 3. The quantitative estimate of drug-likeness (QED) is 0.296. The second-order valence-corrected chi connectivity index (χ2v) is 1.25. The Morgan fingerprint density at radius 3 is 2.50 bits per heavy atom. The summed E-state index contributed by atoms with van der Waals surface area (Å²) in [6.45, 7) is 1.89. The minimum atomic E-state index is 0.0185. The fraction of sp³-hybridized carbons (Fsp3) is 1.00. The Labute approximate surface area is 37.1 Å². The van der Waals surface area contributed by atoms with Crippen LogP contribution in [0.25, 0.3) is 0 Å². The van der Waals surface area contributed by atoms with Gasteiger partial charge in [0.1, 0.15) is 0 Å². The van der Waals surface area contributed by atoms with Gasteiger partial charge in [0.2, 0.25) is 0 Å². The average Bonchev–Trinajstić information content (AvgIpc) is 1.65. The van der Waals surface area contributed by atoms with Crippen LogP contribution in [-0.4, -0.2) is 17.8 Å². The van der Waals surface area contributed by atoms with Crippen LogP contribution in [0.15, 0.2) is 0 Å². The Morgan fingerprint density at radius 2 is 2.50 bits per heavy atom. The largest absolute Gasteiger partial charge is 0.395 e. The monoisotopic (exact) mass is 90.1 g/mol.